The molecule has 1 aromatic heterocycles. The molecular weight excluding hydrogens is 374 g/mol. The predicted molar refractivity (Wildman–Crippen MR) is 103 cm³/mol. The Balaban J connectivity index is 1.24. The molecule has 2 aromatic rings. The number of carbonyl (C=O) groups is 1. The largest absolute Gasteiger partial charge is 0.492 e. The van der Waals surface area contributed by atoms with Gasteiger partial charge in [0.2, 0.25) is 5.91 Å². The van der Waals surface area contributed by atoms with E-state index in [2.05, 4.69) is 10.00 Å². The summed E-state index contributed by atoms with van der Waals surface area (Å²) in [6, 6.07) is 7.97. The second-order valence-corrected chi connectivity index (χ2v) is 8.11. The topological polar surface area (TPSA) is 81.8 Å². The minimum absolute atomic E-state index is 0.0918. The molecule has 1 amide bonds. The molecule has 1 fully saturated rings. The van der Waals surface area contributed by atoms with Crippen molar-refractivity contribution in [2.45, 2.75) is 31.7 Å². The highest BCUT2D eigenvalue weighted by Crippen LogP contribution is 2.31. The van der Waals surface area contributed by atoms with E-state index in [1.807, 2.05) is 29.2 Å². The Hall–Kier alpha value is -2.65. The molecule has 1 atom stereocenters. The zero-order valence-electron chi connectivity index (χ0n) is 16.5. The van der Waals surface area contributed by atoms with Gasteiger partial charge >= 0.3 is 5.69 Å². The number of para-hydroxylation sites is 1. The van der Waals surface area contributed by atoms with Crippen molar-refractivity contribution >= 4 is 5.91 Å². The van der Waals surface area contributed by atoms with Gasteiger partial charge in [-0.3, -0.25) is 14.3 Å². The average Bonchev–Trinajstić information content (AvgIpc) is 3.16. The second-order valence-electron chi connectivity index (χ2n) is 8.11. The molecule has 154 valence electrons. The summed E-state index contributed by atoms with van der Waals surface area (Å²) >= 11 is 0. The summed E-state index contributed by atoms with van der Waals surface area (Å²) < 4.78 is 14.9. The van der Waals surface area contributed by atoms with Gasteiger partial charge in [0.15, 0.2) is 5.82 Å². The van der Waals surface area contributed by atoms with Crippen LogP contribution in [0.4, 0.5) is 0 Å². The Morgan fingerprint density at radius 2 is 2.10 bits per heavy atom. The van der Waals surface area contributed by atoms with Crippen molar-refractivity contribution in [3.63, 3.8) is 0 Å². The number of amides is 1. The number of aryl methyl sites for hydroxylation is 1. The van der Waals surface area contributed by atoms with Crippen LogP contribution in [0.3, 0.4) is 0 Å². The van der Waals surface area contributed by atoms with Crippen molar-refractivity contribution in [3.8, 4) is 5.75 Å². The van der Waals surface area contributed by atoms with Crippen molar-refractivity contribution < 1.29 is 14.3 Å². The number of fused-ring (bicyclic) bond motifs is 2. The highest BCUT2D eigenvalue weighted by atomic mass is 16.5. The first-order valence-corrected chi connectivity index (χ1v) is 10.0. The van der Waals surface area contributed by atoms with E-state index in [1.165, 1.54) is 4.68 Å². The van der Waals surface area contributed by atoms with Crippen molar-refractivity contribution in [2.24, 2.45) is 7.05 Å². The third kappa shape index (κ3) is 3.34. The minimum Gasteiger partial charge on any atom is -0.492 e. The number of carbonyl (C=O) groups excluding carboxylic acids is 1. The lowest BCUT2D eigenvalue weighted by atomic mass is 10.0. The molecule has 1 unspecified atom stereocenters. The normalized spacial score (nSPS) is 24.1. The number of hydrogen-bond acceptors (Lipinski definition) is 6. The zero-order valence-corrected chi connectivity index (χ0v) is 16.5. The molecule has 5 rings (SSSR count). The first-order chi connectivity index (χ1) is 14.0. The minimum atomic E-state index is -0.496. The number of ether oxygens (including phenoxy) is 2. The fourth-order valence-corrected chi connectivity index (χ4v) is 4.48. The van der Waals surface area contributed by atoms with Crippen molar-refractivity contribution in [1.29, 1.82) is 0 Å². The first-order valence-electron chi connectivity index (χ1n) is 10.0. The van der Waals surface area contributed by atoms with Crippen LogP contribution in [0.25, 0.3) is 0 Å². The van der Waals surface area contributed by atoms with Gasteiger partial charge in [-0.25, -0.2) is 9.48 Å². The molecule has 0 radical (unpaired) electrons. The maximum Gasteiger partial charge on any atom is 0.345 e. The Morgan fingerprint density at radius 1 is 1.24 bits per heavy atom. The predicted octanol–water partition coefficient (Wildman–Crippen LogP) is -0.0223. The summed E-state index contributed by atoms with van der Waals surface area (Å²) in [5.74, 6) is 1.64. The molecule has 29 heavy (non-hydrogen) atoms. The van der Waals surface area contributed by atoms with Gasteiger partial charge < -0.3 is 14.4 Å². The van der Waals surface area contributed by atoms with Crippen LogP contribution >= 0.6 is 0 Å². The van der Waals surface area contributed by atoms with Crippen LogP contribution < -0.4 is 10.4 Å². The second kappa shape index (κ2) is 7.00. The first kappa shape index (κ1) is 18.4. The molecule has 9 nitrogen and oxygen atoms in total. The Kier molecular flexibility index (Phi) is 4.44. The van der Waals surface area contributed by atoms with Crippen LogP contribution in [-0.2, 0) is 36.3 Å². The maximum atomic E-state index is 13.0. The van der Waals surface area contributed by atoms with Crippen molar-refractivity contribution in [3.05, 3.63) is 46.1 Å². The number of nitrogens with zero attached hydrogens (tertiary/aromatic N) is 5. The standard InChI is InChI=1S/C20H25N5O4/c1-22-19(27)25-14-20(29-12-17(25)21-22)6-7-24(13-20)18(26)11-23-8-9-28-16-5-3-2-4-15(16)10-23/h2-5H,6-14H2,1H3. The molecule has 9 heteroatoms. The summed E-state index contributed by atoms with van der Waals surface area (Å²) in [7, 11) is 1.65. The van der Waals surface area contributed by atoms with Gasteiger partial charge in [-0.15, -0.1) is 0 Å². The van der Waals surface area contributed by atoms with E-state index < -0.39 is 5.60 Å². The van der Waals surface area contributed by atoms with Crippen LogP contribution in [0.1, 0.15) is 17.8 Å². The van der Waals surface area contributed by atoms with E-state index in [0.29, 0.717) is 58.3 Å². The third-order valence-electron chi connectivity index (χ3n) is 6.10. The fraction of sp³-hybridized carbons (Fsp3) is 0.550. The summed E-state index contributed by atoms with van der Waals surface area (Å²) in [6.07, 6.45) is 0.728. The van der Waals surface area contributed by atoms with Gasteiger partial charge in [0, 0.05) is 32.2 Å². The molecule has 3 aliphatic heterocycles. The van der Waals surface area contributed by atoms with E-state index in [4.69, 9.17) is 9.47 Å². The fourth-order valence-electron chi connectivity index (χ4n) is 4.48. The molecule has 1 saturated heterocycles. The molecule has 0 N–H and O–H groups in total. The number of rotatable bonds is 2. The molecule has 1 spiro atoms. The van der Waals surface area contributed by atoms with Crippen molar-refractivity contribution in [1.82, 2.24) is 24.1 Å². The van der Waals surface area contributed by atoms with E-state index in [-0.39, 0.29) is 11.6 Å². The number of likely N-dealkylation sites (tertiary alicyclic amines) is 1. The Morgan fingerprint density at radius 3 is 3.00 bits per heavy atom. The van der Waals surface area contributed by atoms with Crippen LogP contribution in [-0.4, -0.2) is 68.4 Å². The van der Waals surface area contributed by atoms with Gasteiger partial charge in [0.05, 0.1) is 19.6 Å². The van der Waals surface area contributed by atoms with Gasteiger partial charge in [-0.1, -0.05) is 18.2 Å². The maximum absolute atomic E-state index is 13.0. The quantitative estimate of drug-likeness (QED) is 0.706. The van der Waals surface area contributed by atoms with Gasteiger partial charge in [0.25, 0.3) is 0 Å². The van der Waals surface area contributed by atoms with Crippen LogP contribution in [0.2, 0.25) is 0 Å². The van der Waals surface area contributed by atoms with E-state index in [9.17, 15) is 9.59 Å². The number of hydrogen-bond donors (Lipinski definition) is 0. The third-order valence-corrected chi connectivity index (χ3v) is 6.10. The lowest BCUT2D eigenvalue weighted by Crippen LogP contribution is -2.48. The van der Waals surface area contributed by atoms with Crippen LogP contribution in [0, 0.1) is 0 Å². The smallest absolute Gasteiger partial charge is 0.345 e. The SMILES string of the molecule is Cn1nc2n(c1=O)CC1(CCN(C(=O)CN3CCOc4ccccc4C3)C1)OC2. The van der Waals surface area contributed by atoms with E-state index in [0.717, 1.165) is 17.7 Å². The molecule has 0 saturated carbocycles. The summed E-state index contributed by atoms with van der Waals surface area (Å²) in [5.41, 5.74) is 0.481. The summed E-state index contributed by atoms with van der Waals surface area (Å²) in [6.45, 7) is 4.24. The van der Waals surface area contributed by atoms with Gasteiger partial charge in [-0.2, -0.15) is 5.10 Å². The van der Waals surface area contributed by atoms with Gasteiger partial charge in [-0.05, 0) is 12.5 Å². The summed E-state index contributed by atoms with van der Waals surface area (Å²) in [5, 5.41) is 4.21. The number of aromatic nitrogens is 3. The molecule has 4 heterocycles. The van der Waals surface area contributed by atoms with E-state index in [1.54, 1.807) is 11.6 Å². The van der Waals surface area contributed by atoms with Crippen molar-refractivity contribution in [2.75, 3.05) is 32.8 Å². The highest BCUT2D eigenvalue weighted by Gasteiger charge is 2.45. The lowest BCUT2D eigenvalue weighted by molar-refractivity contribution is -0.134. The molecular formula is C20H25N5O4. The molecule has 0 aliphatic carbocycles. The zero-order chi connectivity index (χ0) is 20.0. The molecule has 3 aliphatic rings. The summed E-state index contributed by atoms with van der Waals surface area (Å²) in [4.78, 5) is 29.3. The molecule has 0 bridgehead atoms. The monoisotopic (exact) mass is 399 g/mol. The number of benzene rings is 1. The van der Waals surface area contributed by atoms with Crippen LogP contribution in [0.15, 0.2) is 29.1 Å². The van der Waals surface area contributed by atoms with Crippen LogP contribution in [0.5, 0.6) is 5.75 Å². The Bertz CT molecular complexity index is 999. The average molecular weight is 399 g/mol. The Labute approximate surface area is 168 Å². The van der Waals surface area contributed by atoms with E-state index >= 15 is 0 Å². The highest BCUT2D eigenvalue weighted by molar-refractivity contribution is 5.78. The lowest BCUT2D eigenvalue weighted by Gasteiger charge is -2.33. The van der Waals surface area contributed by atoms with Gasteiger partial charge in [0.1, 0.15) is 24.6 Å². The molecule has 1 aromatic carbocycles.